The lowest BCUT2D eigenvalue weighted by Gasteiger charge is -2.33. The van der Waals surface area contributed by atoms with Gasteiger partial charge >= 0.3 is 0 Å². The Morgan fingerprint density at radius 3 is 1.40 bits per heavy atom. The molecule has 1 N–H and O–H groups in total. The molecule has 0 unspecified atom stereocenters. The van der Waals surface area contributed by atoms with Crippen molar-refractivity contribution in [1.82, 2.24) is 0 Å². The maximum atomic E-state index is 9.29. The van der Waals surface area contributed by atoms with Crippen molar-refractivity contribution in [3.63, 3.8) is 0 Å². The summed E-state index contributed by atoms with van der Waals surface area (Å²) < 4.78 is 1.22. The first kappa shape index (κ1) is 25.4. The average molecular weight is 421 g/mol. The minimum Gasteiger partial charge on any atom is -1.00 e. The molecule has 0 aromatic heterocycles. The van der Waals surface area contributed by atoms with E-state index in [-0.39, 0.29) is 17.0 Å². The van der Waals surface area contributed by atoms with Gasteiger partial charge in [0.05, 0.1) is 26.2 Å². The van der Waals surface area contributed by atoms with Crippen LogP contribution in [0.2, 0.25) is 0 Å². The van der Waals surface area contributed by atoms with Crippen molar-refractivity contribution in [2.75, 3.05) is 32.8 Å². The monoisotopic (exact) mass is 419 g/mol. The third kappa shape index (κ3) is 13.2. The Morgan fingerprint density at radius 1 is 0.600 bits per heavy atom. The summed E-state index contributed by atoms with van der Waals surface area (Å²) in [5, 5.41) is 9.29. The predicted molar refractivity (Wildman–Crippen MR) is 106 cm³/mol. The molecule has 0 bridgehead atoms. The number of halogens is 1. The minimum atomic E-state index is 0. The number of nitrogens with zero attached hydrogens (tertiary/aromatic N) is 1. The van der Waals surface area contributed by atoms with Gasteiger partial charge in [-0.1, -0.05) is 84.0 Å². The maximum Gasteiger partial charge on any atom is 0.102 e. The van der Waals surface area contributed by atoms with E-state index in [1.165, 1.54) is 127 Å². The topological polar surface area (TPSA) is 20.2 Å². The van der Waals surface area contributed by atoms with Gasteiger partial charge in [-0.2, -0.15) is 0 Å². The van der Waals surface area contributed by atoms with Crippen molar-refractivity contribution in [3.05, 3.63) is 0 Å². The summed E-state index contributed by atoms with van der Waals surface area (Å²) in [6.45, 7) is 7.62. The molecule has 0 saturated carbocycles. The molecule has 0 aliphatic carbocycles. The standard InChI is InChI=1S/C22H46NO.BrH/c1-2-3-4-5-6-7-8-9-10-11-12-13-14-15-18-23(21-22-24)19-16-17-20-23;/h24H,2-22H2,1H3;1H/q+1;/p-1. The molecular formula is C22H46BrNO. The number of hydrogen-bond donors (Lipinski definition) is 1. The molecule has 1 fully saturated rings. The highest BCUT2D eigenvalue weighted by molar-refractivity contribution is 4.56. The maximum absolute atomic E-state index is 9.29. The molecule has 1 rings (SSSR count). The Balaban J connectivity index is 0.00000576. The lowest BCUT2D eigenvalue weighted by molar-refractivity contribution is -0.917. The number of unbranched alkanes of at least 4 members (excludes halogenated alkanes) is 13. The van der Waals surface area contributed by atoms with Crippen molar-refractivity contribution in [3.8, 4) is 0 Å². The zero-order valence-electron chi connectivity index (χ0n) is 17.1. The van der Waals surface area contributed by atoms with E-state index < -0.39 is 0 Å². The zero-order chi connectivity index (χ0) is 17.3. The van der Waals surface area contributed by atoms with Gasteiger partial charge in [-0.05, 0) is 12.8 Å². The van der Waals surface area contributed by atoms with Crippen LogP contribution < -0.4 is 17.0 Å². The van der Waals surface area contributed by atoms with Gasteiger partial charge in [-0.3, -0.25) is 0 Å². The fourth-order valence-electron chi connectivity index (χ4n) is 4.42. The third-order valence-electron chi connectivity index (χ3n) is 6.08. The van der Waals surface area contributed by atoms with Crippen LogP contribution in [0.15, 0.2) is 0 Å². The van der Waals surface area contributed by atoms with Crippen LogP contribution in [0.3, 0.4) is 0 Å². The molecule has 0 aromatic rings. The molecule has 25 heavy (non-hydrogen) atoms. The normalized spacial score (nSPS) is 16.1. The van der Waals surface area contributed by atoms with Crippen LogP contribution in [0.25, 0.3) is 0 Å². The quantitative estimate of drug-likeness (QED) is 0.283. The molecule has 1 aliphatic rings. The van der Waals surface area contributed by atoms with Gasteiger partial charge in [-0.25, -0.2) is 0 Å². The molecule has 1 aliphatic heterocycles. The lowest BCUT2D eigenvalue weighted by Crippen LogP contribution is -3.00. The van der Waals surface area contributed by atoms with Crippen molar-refractivity contribution < 1.29 is 26.6 Å². The Kier molecular flexibility index (Phi) is 18.1. The first-order valence-electron chi connectivity index (χ1n) is 11.3. The third-order valence-corrected chi connectivity index (χ3v) is 6.08. The van der Waals surface area contributed by atoms with E-state index in [2.05, 4.69) is 6.92 Å². The van der Waals surface area contributed by atoms with Crippen LogP contribution in [0.1, 0.15) is 110 Å². The fourth-order valence-corrected chi connectivity index (χ4v) is 4.42. The molecule has 1 saturated heterocycles. The lowest BCUT2D eigenvalue weighted by atomic mass is 10.0. The first-order chi connectivity index (χ1) is 11.8. The summed E-state index contributed by atoms with van der Waals surface area (Å²) in [6, 6.07) is 0. The number of likely N-dealkylation sites (tertiary alicyclic amines) is 1. The van der Waals surface area contributed by atoms with E-state index in [1.54, 1.807) is 0 Å². The summed E-state index contributed by atoms with van der Waals surface area (Å²) in [5.41, 5.74) is 0. The highest BCUT2D eigenvalue weighted by Gasteiger charge is 2.30. The molecule has 1 heterocycles. The second kappa shape index (κ2) is 17.8. The molecule has 0 atom stereocenters. The van der Waals surface area contributed by atoms with Crippen LogP contribution >= 0.6 is 0 Å². The number of aliphatic hydroxyl groups is 1. The summed E-state index contributed by atoms with van der Waals surface area (Å²) in [5.74, 6) is 0. The summed E-state index contributed by atoms with van der Waals surface area (Å²) in [7, 11) is 0. The second-order valence-electron chi connectivity index (χ2n) is 8.26. The second-order valence-corrected chi connectivity index (χ2v) is 8.26. The van der Waals surface area contributed by atoms with Crippen LogP contribution in [0.5, 0.6) is 0 Å². The van der Waals surface area contributed by atoms with Gasteiger partial charge in [0.1, 0.15) is 6.54 Å². The summed E-state index contributed by atoms with van der Waals surface area (Å²) in [4.78, 5) is 0. The molecule has 0 spiro atoms. The molecule has 0 radical (unpaired) electrons. The van der Waals surface area contributed by atoms with Crippen LogP contribution in [0.4, 0.5) is 0 Å². The van der Waals surface area contributed by atoms with Crippen LogP contribution in [0, 0.1) is 0 Å². The number of quaternary nitrogens is 1. The Labute approximate surface area is 169 Å². The van der Waals surface area contributed by atoms with Crippen molar-refractivity contribution in [2.24, 2.45) is 0 Å². The molecule has 152 valence electrons. The van der Waals surface area contributed by atoms with E-state index >= 15 is 0 Å². The van der Waals surface area contributed by atoms with Crippen LogP contribution in [-0.2, 0) is 0 Å². The smallest absolute Gasteiger partial charge is 0.102 e. The van der Waals surface area contributed by atoms with E-state index in [0.29, 0.717) is 6.61 Å². The minimum absolute atomic E-state index is 0. The van der Waals surface area contributed by atoms with Gasteiger partial charge in [0.25, 0.3) is 0 Å². The first-order valence-corrected chi connectivity index (χ1v) is 11.3. The Bertz CT molecular complexity index is 267. The Morgan fingerprint density at radius 2 is 1.00 bits per heavy atom. The zero-order valence-corrected chi connectivity index (χ0v) is 18.7. The van der Waals surface area contributed by atoms with Crippen LogP contribution in [-0.4, -0.2) is 42.4 Å². The SMILES string of the molecule is CCCCCCCCCCCCCCCC[N+]1(CCO)CCCC1.[Br-]. The van der Waals surface area contributed by atoms with Crippen molar-refractivity contribution in [1.29, 1.82) is 0 Å². The van der Waals surface area contributed by atoms with Gasteiger partial charge in [0, 0.05) is 12.8 Å². The number of hydrogen-bond acceptors (Lipinski definition) is 1. The van der Waals surface area contributed by atoms with E-state index in [1.807, 2.05) is 0 Å². The van der Waals surface area contributed by atoms with E-state index in [0.717, 1.165) is 6.54 Å². The summed E-state index contributed by atoms with van der Waals surface area (Å²) >= 11 is 0. The van der Waals surface area contributed by atoms with Gasteiger partial charge in [0.15, 0.2) is 0 Å². The average Bonchev–Trinajstić information content (AvgIpc) is 3.04. The van der Waals surface area contributed by atoms with E-state index in [9.17, 15) is 5.11 Å². The number of aliphatic hydroxyl groups excluding tert-OH is 1. The van der Waals surface area contributed by atoms with Gasteiger partial charge in [0.2, 0.25) is 0 Å². The van der Waals surface area contributed by atoms with Gasteiger partial charge < -0.3 is 26.6 Å². The molecular weight excluding hydrogens is 374 g/mol. The molecule has 0 aromatic carbocycles. The van der Waals surface area contributed by atoms with Crippen molar-refractivity contribution in [2.45, 2.75) is 110 Å². The molecule has 3 heteroatoms. The Hall–Kier alpha value is 0.400. The highest BCUT2D eigenvalue weighted by Crippen LogP contribution is 2.21. The fraction of sp³-hybridized carbons (Fsp3) is 1.00. The van der Waals surface area contributed by atoms with Gasteiger partial charge in [-0.15, -0.1) is 0 Å². The largest absolute Gasteiger partial charge is 1.00 e. The molecule has 0 amide bonds. The summed E-state index contributed by atoms with van der Waals surface area (Å²) in [6.07, 6.45) is 22.9. The highest BCUT2D eigenvalue weighted by atomic mass is 79.9. The van der Waals surface area contributed by atoms with Crippen molar-refractivity contribution >= 4 is 0 Å². The molecule has 2 nitrogen and oxygen atoms in total. The number of rotatable bonds is 17. The van der Waals surface area contributed by atoms with E-state index in [4.69, 9.17) is 0 Å². The predicted octanol–water partition coefficient (Wildman–Crippen LogP) is 3.07.